The summed E-state index contributed by atoms with van der Waals surface area (Å²) in [4.78, 5) is 11.2. The zero-order valence-corrected chi connectivity index (χ0v) is 8.21. The van der Waals surface area contributed by atoms with Gasteiger partial charge in [0.25, 0.3) is 5.91 Å². The summed E-state index contributed by atoms with van der Waals surface area (Å²) in [6.45, 7) is 0. The van der Waals surface area contributed by atoms with Crippen LogP contribution in [-0.2, 0) is 7.05 Å². The summed E-state index contributed by atoms with van der Waals surface area (Å²) in [5, 5.41) is 7.70. The van der Waals surface area contributed by atoms with E-state index in [2.05, 4.69) is 10.3 Å². The second-order valence-electron chi connectivity index (χ2n) is 3.14. The lowest BCUT2D eigenvalue weighted by Crippen LogP contribution is -2.16. The van der Waals surface area contributed by atoms with Crippen LogP contribution in [0.25, 0.3) is 11.3 Å². The highest BCUT2D eigenvalue weighted by atomic mass is 16.1. The number of hydrogen-bond donors (Lipinski definition) is 1. The van der Waals surface area contributed by atoms with Gasteiger partial charge in [-0.15, -0.1) is 5.10 Å². The third-order valence-electron chi connectivity index (χ3n) is 2.11. The molecule has 1 aromatic carbocycles. The Bertz CT molecular complexity index is 489. The van der Waals surface area contributed by atoms with Crippen LogP contribution in [0.15, 0.2) is 30.3 Å². The highest BCUT2D eigenvalue weighted by Gasteiger charge is 2.16. The maximum atomic E-state index is 11.2. The number of carbonyl (C=O) groups excluding carboxylic acids is 1. The molecule has 2 N–H and O–H groups in total. The molecule has 0 aliphatic rings. The number of benzene rings is 1. The van der Waals surface area contributed by atoms with Crippen molar-refractivity contribution in [2.75, 3.05) is 0 Å². The number of nitrogens with two attached hydrogens (primary N) is 1. The van der Waals surface area contributed by atoms with Crippen molar-refractivity contribution in [3.05, 3.63) is 36.0 Å². The highest BCUT2D eigenvalue weighted by Crippen LogP contribution is 2.19. The lowest BCUT2D eigenvalue weighted by molar-refractivity contribution is 0.0992. The first-order chi connectivity index (χ1) is 7.20. The molecule has 1 aromatic heterocycles. The molecule has 76 valence electrons. The van der Waals surface area contributed by atoms with Gasteiger partial charge in [-0.2, -0.15) is 0 Å². The Hall–Kier alpha value is -2.17. The minimum atomic E-state index is -0.527. The van der Waals surface area contributed by atoms with E-state index in [1.165, 1.54) is 4.68 Å². The Kier molecular flexibility index (Phi) is 2.21. The molecule has 15 heavy (non-hydrogen) atoms. The first kappa shape index (κ1) is 9.39. The molecular weight excluding hydrogens is 192 g/mol. The zero-order valence-electron chi connectivity index (χ0n) is 8.21. The summed E-state index contributed by atoms with van der Waals surface area (Å²) >= 11 is 0. The van der Waals surface area contributed by atoms with Gasteiger partial charge in [0.15, 0.2) is 5.69 Å². The van der Waals surface area contributed by atoms with Crippen LogP contribution in [0.1, 0.15) is 10.5 Å². The van der Waals surface area contributed by atoms with Crippen LogP contribution in [0.5, 0.6) is 0 Å². The number of primary amides is 1. The van der Waals surface area contributed by atoms with E-state index in [9.17, 15) is 4.79 Å². The average molecular weight is 202 g/mol. The normalized spacial score (nSPS) is 10.2. The summed E-state index contributed by atoms with van der Waals surface area (Å²) in [5.41, 5.74) is 6.93. The lowest BCUT2D eigenvalue weighted by Gasteiger charge is -1.99. The number of carbonyl (C=O) groups is 1. The molecule has 0 radical (unpaired) electrons. The monoisotopic (exact) mass is 202 g/mol. The summed E-state index contributed by atoms with van der Waals surface area (Å²) in [7, 11) is 1.64. The van der Waals surface area contributed by atoms with Crippen LogP contribution < -0.4 is 5.73 Å². The van der Waals surface area contributed by atoms with Gasteiger partial charge >= 0.3 is 0 Å². The molecule has 1 amide bonds. The fourth-order valence-corrected chi connectivity index (χ4v) is 1.42. The van der Waals surface area contributed by atoms with Gasteiger partial charge in [0.1, 0.15) is 5.69 Å². The molecule has 0 fully saturated rings. The van der Waals surface area contributed by atoms with E-state index in [1.54, 1.807) is 7.05 Å². The zero-order chi connectivity index (χ0) is 10.8. The van der Waals surface area contributed by atoms with E-state index in [-0.39, 0.29) is 0 Å². The standard InChI is InChI=1S/C10H10N4O/c1-14-9(10(11)15)8(12-13-14)7-5-3-2-4-6-7/h2-6H,1H3,(H2,11,15). The number of rotatable bonds is 2. The molecule has 5 nitrogen and oxygen atoms in total. The van der Waals surface area contributed by atoms with Crippen molar-refractivity contribution in [1.29, 1.82) is 0 Å². The van der Waals surface area contributed by atoms with Crippen molar-refractivity contribution in [3.8, 4) is 11.3 Å². The second-order valence-corrected chi connectivity index (χ2v) is 3.14. The third-order valence-corrected chi connectivity index (χ3v) is 2.11. The first-order valence-corrected chi connectivity index (χ1v) is 4.45. The van der Waals surface area contributed by atoms with Crippen molar-refractivity contribution in [2.24, 2.45) is 12.8 Å². The fraction of sp³-hybridized carbons (Fsp3) is 0.100. The topological polar surface area (TPSA) is 73.8 Å². The van der Waals surface area contributed by atoms with E-state index < -0.39 is 5.91 Å². The third kappa shape index (κ3) is 1.59. The highest BCUT2D eigenvalue weighted by molar-refractivity contribution is 5.96. The summed E-state index contributed by atoms with van der Waals surface area (Å²) in [6, 6.07) is 9.35. The van der Waals surface area contributed by atoms with E-state index in [1.807, 2.05) is 30.3 Å². The van der Waals surface area contributed by atoms with Crippen LogP contribution in [0, 0.1) is 0 Å². The molecule has 5 heteroatoms. The van der Waals surface area contributed by atoms with Crippen molar-refractivity contribution < 1.29 is 4.79 Å². The molecule has 0 atom stereocenters. The molecule has 0 aliphatic carbocycles. The van der Waals surface area contributed by atoms with Gasteiger partial charge in [0, 0.05) is 12.6 Å². The number of nitrogens with zero attached hydrogens (tertiary/aromatic N) is 3. The fourth-order valence-electron chi connectivity index (χ4n) is 1.42. The van der Waals surface area contributed by atoms with E-state index >= 15 is 0 Å². The maximum Gasteiger partial charge on any atom is 0.269 e. The lowest BCUT2D eigenvalue weighted by atomic mass is 10.1. The van der Waals surface area contributed by atoms with Crippen molar-refractivity contribution in [1.82, 2.24) is 15.0 Å². The van der Waals surface area contributed by atoms with E-state index in [0.29, 0.717) is 11.4 Å². The van der Waals surface area contributed by atoms with Crippen LogP contribution in [0.2, 0.25) is 0 Å². The Morgan fingerprint density at radius 1 is 1.33 bits per heavy atom. The van der Waals surface area contributed by atoms with Gasteiger partial charge in [-0.3, -0.25) is 4.79 Å². The van der Waals surface area contributed by atoms with Gasteiger partial charge < -0.3 is 5.73 Å². The SMILES string of the molecule is Cn1nnc(-c2ccccc2)c1C(N)=O. The van der Waals surface area contributed by atoms with Gasteiger partial charge in [-0.1, -0.05) is 35.5 Å². The van der Waals surface area contributed by atoms with Crippen LogP contribution in [-0.4, -0.2) is 20.9 Å². The quantitative estimate of drug-likeness (QED) is 0.774. The number of amides is 1. The molecule has 0 unspecified atom stereocenters. The van der Waals surface area contributed by atoms with Crippen molar-refractivity contribution >= 4 is 5.91 Å². The smallest absolute Gasteiger partial charge is 0.269 e. The molecule has 2 aromatic rings. The van der Waals surface area contributed by atoms with Crippen LogP contribution in [0.3, 0.4) is 0 Å². The molecule has 0 aliphatic heterocycles. The minimum Gasteiger partial charge on any atom is -0.364 e. The molecule has 0 spiro atoms. The van der Waals surface area contributed by atoms with Crippen LogP contribution >= 0.6 is 0 Å². The number of aryl methyl sites for hydroxylation is 1. The molecule has 1 heterocycles. The predicted molar refractivity (Wildman–Crippen MR) is 55.0 cm³/mol. The Labute approximate surface area is 86.5 Å². The van der Waals surface area contributed by atoms with Crippen molar-refractivity contribution in [3.63, 3.8) is 0 Å². The summed E-state index contributed by atoms with van der Waals surface area (Å²) in [5.74, 6) is -0.527. The van der Waals surface area contributed by atoms with E-state index in [4.69, 9.17) is 5.73 Å². The summed E-state index contributed by atoms with van der Waals surface area (Å²) < 4.78 is 1.38. The minimum absolute atomic E-state index is 0.321. The van der Waals surface area contributed by atoms with Gasteiger partial charge in [-0.25, -0.2) is 4.68 Å². The number of hydrogen-bond acceptors (Lipinski definition) is 3. The van der Waals surface area contributed by atoms with Crippen LogP contribution in [0.4, 0.5) is 0 Å². The predicted octanol–water partition coefficient (Wildman–Crippen LogP) is 0.581. The van der Waals surface area contributed by atoms with Crippen molar-refractivity contribution in [2.45, 2.75) is 0 Å². The second kappa shape index (κ2) is 3.53. The molecular formula is C10H10N4O. The average Bonchev–Trinajstić information content (AvgIpc) is 2.61. The largest absolute Gasteiger partial charge is 0.364 e. The number of aromatic nitrogens is 3. The van der Waals surface area contributed by atoms with E-state index in [0.717, 1.165) is 5.56 Å². The molecule has 0 saturated carbocycles. The molecule has 0 bridgehead atoms. The first-order valence-electron chi connectivity index (χ1n) is 4.45. The molecule has 0 saturated heterocycles. The maximum absolute atomic E-state index is 11.2. The Balaban J connectivity index is 2.59. The van der Waals surface area contributed by atoms with Gasteiger partial charge in [0.05, 0.1) is 0 Å². The Morgan fingerprint density at radius 3 is 2.60 bits per heavy atom. The summed E-state index contributed by atoms with van der Waals surface area (Å²) in [6.07, 6.45) is 0. The Morgan fingerprint density at radius 2 is 2.00 bits per heavy atom. The van der Waals surface area contributed by atoms with Gasteiger partial charge in [0.2, 0.25) is 0 Å². The van der Waals surface area contributed by atoms with Gasteiger partial charge in [-0.05, 0) is 0 Å². The molecule has 2 rings (SSSR count).